The fraction of sp³-hybridized carbons (Fsp3) is 0.316. The SMILES string of the molecule is CC(C)(C)[Si](OC[C@H](N)C(=O)O)(c1ccccc1)c1ccccc1.Cl. The van der Waals surface area contributed by atoms with Crippen LogP contribution in [0.25, 0.3) is 0 Å². The molecule has 0 fully saturated rings. The van der Waals surface area contributed by atoms with E-state index in [9.17, 15) is 4.79 Å². The Kier molecular flexibility index (Phi) is 7.38. The summed E-state index contributed by atoms with van der Waals surface area (Å²) in [6.07, 6.45) is 0. The van der Waals surface area contributed by atoms with Crippen LogP contribution >= 0.6 is 12.4 Å². The Bertz CT molecular complexity index is 635. The number of hydrogen-bond donors (Lipinski definition) is 2. The van der Waals surface area contributed by atoms with Crippen molar-refractivity contribution in [2.75, 3.05) is 6.61 Å². The monoisotopic (exact) mass is 379 g/mol. The predicted octanol–water partition coefficient (Wildman–Crippen LogP) is 2.40. The minimum atomic E-state index is -2.70. The third kappa shape index (κ3) is 4.49. The zero-order chi connectivity index (χ0) is 17.8. The van der Waals surface area contributed by atoms with Gasteiger partial charge in [0.15, 0.2) is 0 Å². The average Bonchev–Trinajstić information content (AvgIpc) is 2.56. The van der Waals surface area contributed by atoms with Gasteiger partial charge >= 0.3 is 5.97 Å². The highest BCUT2D eigenvalue weighted by Gasteiger charge is 2.50. The highest BCUT2D eigenvalue weighted by molar-refractivity contribution is 6.99. The average molecular weight is 380 g/mol. The molecular weight excluding hydrogens is 354 g/mol. The van der Waals surface area contributed by atoms with Crippen LogP contribution in [0.15, 0.2) is 60.7 Å². The molecule has 2 aromatic rings. The Morgan fingerprint density at radius 1 is 1.04 bits per heavy atom. The van der Waals surface area contributed by atoms with E-state index in [1.165, 1.54) is 0 Å². The summed E-state index contributed by atoms with van der Waals surface area (Å²) < 4.78 is 6.42. The molecule has 4 nitrogen and oxygen atoms in total. The first kappa shape index (κ1) is 21.4. The third-order valence-corrected chi connectivity index (χ3v) is 9.22. The van der Waals surface area contributed by atoms with Crippen LogP contribution in [-0.2, 0) is 9.22 Å². The molecule has 0 aliphatic carbocycles. The Hall–Kier alpha value is -1.66. The summed E-state index contributed by atoms with van der Waals surface area (Å²) in [5.41, 5.74) is 5.72. The van der Waals surface area contributed by atoms with Crippen LogP contribution in [0, 0.1) is 0 Å². The molecule has 0 aromatic heterocycles. The number of rotatable bonds is 6. The molecule has 0 heterocycles. The minimum absolute atomic E-state index is 0. The summed E-state index contributed by atoms with van der Waals surface area (Å²) >= 11 is 0. The summed E-state index contributed by atoms with van der Waals surface area (Å²) in [7, 11) is -2.70. The normalized spacial score (nSPS) is 13.0. The van der Waals surface area contributed by atoms with Crippen molar-refractivity contribution in [3.05, 3.63) is 60.7 Å². The first-order valence-corrected chi connectivity index (χ1v) is 9.93. The van der Waals surface area contributed by atoms with Crippen LogP contribution in [0.4, 0.5) is 0 Å². The lowest BCUT2D eigenvalue weighted by molar-refractivity contribution is -0.139. The molecule has 25 heavy (non-hydrogen) atoms. The Balaban J connectivity index is 0.00000312. The fourth-order valence-corrected chi connectivity index (χ4v) is 7.63. The number of benzene rings is 2. The smallest absolute Gasteiger partial charge is 0.322 e. The van der Waals surface area contributed by atoms with Crippen molar-refractivity contribution in [3.63, 3.8) is 0 Å². The van der Waals surface area contributed by atoms with Crippen molar-refractivity contribution in [2.45, 2.75) is 31.9 Å². The predicted molar refractivity (Wildman–Crippen MR) is 106 cm³/mol. The van der Waals surface area contributed by atoms with Crippen molar-refractivity contribution in [1.82, 2.24) is 0 Å². The largest absolute Gasteiger partial charge is 0.480 e. The molecule has 136 valence electrons. The lowest BCUT2D eigenvalue weighted by atomic mass is 10.2. The van der Waals surface area contributed by atoms with Crippen LogP contribution in [0.5, 0.6) is 0 Å². The molecule has 0 bridgehead atoms. The number of nitrogens with two attached hydrogens (primary N) is 1. The van der Waals surface area contributed by atoms with Gasteiger partial charge in [-0.25, -0.2) is 0 Å². The van der Waals surface area contributed by atoms with Gasteiger partial charge in [-0.3, -0.25) is 4.79 Å². The quantitative estimate of drug-likeness (QED) is 0.756. The molecule has 2 aromatic carbocycles. The number of carboxylic acids is 1. The lowest BCUT2D eigenvalue weighted by Gasteiger charge is -2.43. The van der Waals surface area contributed by atoms with Gasteiger partial charge in [0.25, 0.3) is 8.32 Å². The summed E-state index contributed by atoms with van der Waals surface area (Å²) in [6, 6.07) is 19.1. The Labute approximate surface area is 156 Å². The second-order valence-electron chi connectivity index (χ2n) is 6.92. The van der Waals surface area contributed by atoms with Crippen LogP contribution in [-0.4, -0.2) is 32.0 Å². The van der Waals surface area contributed by atoms with Gasteiger partial charge in [-0.15, -0.1) is 12.4 Å². The van der Waals surface area contributed by atoms with Gasteiger partial charge in [0.2, 0.25) is 0 Å². The maximum absolute atomic E-state index is 11.1. The lowest BCUT2D eigenvalue weighted by Crippen LogP contribution is -2.67. The zero-order valence-corrected chi connectivity index (χ0v) is 16.6. The molecule has 0 saturated carbocycles. The van der Waals surface area contributed by atoms with Crippen molar-refractivity contribution in [2.24, 2.45) is 5.73 Å². The summed E-state index contributed by atoms with van der Waals surface area (Å²) in [6.45, 7) is 6.42. The van der Waals surface area contributed by atoms with Crippen LogP contribution in [0.3, 0.4) is 0 Å². The molecular formula is C19H26ClNO3Si. The van der Waals surface area contributed by atoms with Gasteiger partial charge in [-0.1, -0.05) is 81.4 Å². The van der Waals surface area contributed by atoms with Gasteiger partial charge in [-0.2, -0.15) is 0 Å². The first-order chi connectivity index (χ1) is 11.3. The molecule has 0 spiro atoms. The molecule has 0 amide bonds. The zero-order valence-electron chi connectivity index (χ0n) is 14.8. The minimum Gasteiger partial charge on any atom is -0.480 e. The molecule has 6 heteroatoms. The van der Waals surface area contributed by atoms with E-state index in [-0.39, 0.29) is 24.1 Å². The second-order valence-corrected chi connectivity index (χ2v) is 11.2. The van der Waals surface area contributed by atoms with Gasteiger partial charge < -0.3 is 15.3 Å². The molecule has 0 radical (unpaired) electrons. The van der Waals surface area contributed by atoms with Crippen molar-refractivity contribution < 1.29 is 14.3 Å². The molecule has 3 N–H and O–H groups in total. The number of carboxylic acid groups (broad SMARTS) is 1. The van der Waals surface area contributed by atoms with E-state index < -0.39 is 20.3 Å². The van der Waals surface area contributed by atoms with Crippen molar-refractivity contribution in [3.8, 4) is 0 Å². The van der Waals surface area contributed by atoms with Gasteiger partial charge in [0, 0.05) is 0 Å². The number of carbonyl (C=O) groups is 1. The third-order valence-electron chi connectivity index (χ3n) is 4.21. The fourth-order valence-electron chi connectivity index (χ4n) is 3.05. The van der Waals surface area contributed by atoms with E-state index in [1.807, 2.05) is 36.4 Å². The Morgan fingerprint density at radius 2 is 1.44 bits per heavy atom. The van der Waals surface area contributed by atoms with Gasteiger partial charge in [-0.05, 0) is 15.4 Å². The topological polar surface area (TPSA) is 72.5 Å². The molecule has 0 aliphatic heterocycles. The molecule has 2 rings (SSSR count). The van der Waals surface area contributed by atoms with E-state index in [0.29, 0.717) is 0 Å². The molecule has 0 aliphatic rings. The van der Waals surface area contributed by atoms with E-state index in [2.05, 4.69) is 45.0 Å². The van der Waals surface area contributed by atoms with E-state index >= 15 is 0 Å². The van der Waals surface area contributed by atoms with Crippen molar-refractivity contribution >= 4 is 37.1 Å². The first-order valence-electron chi connectivity index (χ1n) is 8.02. The van der Waals surface area contributed by atoms with Crippen molar-refractivity contribution in [1.29, 1.82) is 0 Å². The van der Waals surface area contributed by atoms with E-state index in [1.54, 1.807) is 0 Å². The molecule has 0 unspecified atom stereocenters. The molecule has 0 saturated heterocycles. The summed E-state index contributed by atoms with van der Waals surface area (Å²) in [4.78, 5) is 11.1. The van der Waals surface area contributed by atoms with Crippen LogP contribution < -0.4 is 16.1 Å². The number of aliphatic carboxylic acids is 1. The summed E-state index contributed by atoms with van der Waals surface area (Å²) in [5, 5.41) is 11.2. The highest BCUT2D eigenvalue weighted by atomic mass is 35.5. The summed E-state index contributed by atoms with van der Waals surface area (Å²) in [5.74, 6) is -1.05. The van der Waals surface area contributed by atoms with E-state index in [4.69, 9.17) is 15.3 Å². The van der Waals surface area contributed by atoms with Crippen LogP contribution in [0.2, 0.25) is 5.04 Å². The maximum Gasteiger partial charge on any atom is 0.322 e. The highest BCUT2D eigenvalue weighted by Crippen LogP contribution is 2.36. The number of halogens is 1. The van der Waals surface area contributed by atoms with Gasteiger partial charge in [0.1, 0.15) is 6.04 Å². The Morgan fingerprint density at radius 3 is 1.76 bits per heavy atom. The number of hydrogen-bond acceptors (Lipinski definition) is 3. The molecule has 1 atom stereocenters. The van der Waals surface area contributed by atoms with Crippen LogP contribution in [0.1, 0.15) is 20.8 Å². The standard InChI is InChI=1S/C19H25NO3Si.ClH/c1-19(2,3)24(15-10-6-4-7-11-15,16-12-8-5-9-13-16)23-14-17(20)18(21)22;/h4-13,17H,14,20H2,1-3H3,(H,21,22);1H/t17-;/m0./s1. The van der Waals surface area contributed by atoms with E-state index in [0.717, 1.165) is 10.4 Å². The van der Waals surface area contributed by atoms with Gasteiger partial charge in [0.05, 0.1) is 6.61 Å². The second kappa shape index (κ2) is 8.63. The maximum atomic E-state index is 11.1.